The quantitative estimate of drug-likeness (QED) is 0.673. The van der Waals surface area contributed by atoms with Gasteiger partial charge in [-0.3, -0.25) is 9.59 Å². The highest BCUT2D eigenvalue weighted by Gasteiger charge is 2.26. The van der Waals surface area contributed by atoms with Crippen molar-refractivity contribution in [3.05, 3.63) is 0 Å². The van der Waals surface area contributed by atoms with Gasteiger partial charge in [0.25, 0.3) is 0 Å². The van der Waals surface area contributed by atoms with Crippen molar-refractivity contribution in [3.8, 4) is 0 Å². The molecule has 0 aliphatic rings. The highest BCUT2D eigenvalue weighted by molar-refractivity contribution is 8.01. The first kappa shape index (κ1) is 14.3. The van der Waals surface area contributed by atoms with Gasteiger partial charge in [0, 0.05) is 0 Å². The van der Waals surface area contributed by atoms with E-state index in [9.17, 15) is 9.59 Å². The molecule has 0 amide bonds. The molecule has 5 heteroatoms. The second kappa shape index (κ2) is 7.56. The summed E-state index contributed by atoms with van der Waals surface area (Å²) in [4.78, 5) is 21.7. The first-order valence-corrected chi connectivity index (χ1v) is 6.08. The molecule has 0 spiro atoms. The summed E-state index contributed by atoms with van der Waals surface area (Å²) < 4.78 is 0. The third-order valence-corrected chi connectivity index (χ3v) is 3.51. The second-order valence-electron chi connectivity index (χ2n) is 3.37. The molecular weight excluding hydrogens is 216 g/mol. The summed E-state index contributed by atoms with van der Waals surface area (Å²) in [5, 5.41) is 16.6. The van der Waals surface area contributed by atoms with E-state index in [1.165, 1.54) is 0 Å². The molecule has 2 N–H and O–H groups in total. The van der Waals surface area contributed by atoms with Crippen molar-refractivity contribution in [3.63, 3.8) is 0 Å². The fourth-order valence-electron chi connectivity index (χ4n) is 1.22. The van der Waals surface area contributed by atoms with Crippen LogP contribution >= 0.6 is 11.8 Å². The van der Waals surface area contributed by atoms with Crippen LogP contribution in [0, 0.1) is 0 Å². The summed E-state index contributed by atoms with van der Waals surface area (Å²) >= 11 is 1.06. The minimum Gasteiger partial charge on any atom is -0.480 e. The van der Waals surface area contributed by atoms with Crippen molar-refractivity contribution >= 4 is 23.7 Å². The van der Waals surface area contributed by atoms with Crippen LogP contribution in [0.15, 0.2) is 0 Å². The highest BCUT2D eigenvalue weighted by atomic mass is 32.2. The minimum atomic E-state index is -0.913. The van der Waals surface area contributed by atoms with E-state index in [2.05, 4.69) is 0 Å². The monoisotopic (exact) mass is 234 g/mol. The number of rotatable bonds is 8. The van der Waals surface area contributed by atoms with E-state index >= 15 is 0 Å². The van der Waals surface area contributed by atoms with Gasteiger partial charge in [-0.2, -0.15) is 0 Å². The third kappa shape index (κ3) is 5.67. The van der Waals surface area contributed by atoms with Crippen LogP contribution in [-0.2, 0) is 9.59 Å². The molecule has 4 nitrogen and oxygen atoms in total. The Morgan fingerprint density at radius 3 is 1.53 bits per heavy atom. The predicted molar refractivity (Wildman–Crippen MR) is 60.3 cm³/mol. The van der Waals surface area contributed by atoms with Gasteiger partial charge >= 0.3 is 11.9 Å². The van der Waals surface area contributed by atoms with Crippen molar-refractivity contribution in [1.82, 2.24) is 0 Å². The topological polar surface area (TPSA) is 74.6 Å². The van der Waals surface area contributed by atoms with E-state index in [-0.39, 0.29) is 0 Å². The molecule has 0 saturated carbocycles. The lowest BCUT2D eigenvalue weighted by molar-refractivity contribution is -0.136. The molecule has 0 heterocycles. The third-order valence-electron chi connectivity index (χ3n) is 1.98. The van der Waals surface area contributed by atoms with Gasteiger partial charge in [0.05, 0.1) is 0 Å². The molecule has 0 rings (SSSR count). The summed E-state index contributed by atoms with van der Waals surface area (Å²) in [6.07, 6.45) is 2.55. The maximum absolute atomic E-state index is 10.8. The Hall–Kier alpha value is -0.710. The smallest absolute Gasteiger partial charge is 0.316 e. The Labute approximate surface area is 94.1 Å². The van der Waals surface area contributed by atoms with E-state index in [1.807, 2.05) is 13.8 Å². The Morgan fingerprint density at radius 2 is 1.33 bits per heavy atom. The van der Waals surface area contributed by atoms with Crippen LogP contribution in [-0.4, -0.2) is 32.7 Å². The summed E-state index contributed by atoms with van der Waals surface area (Å²) in [5.74, 6) is -1.83. The van der Waals surface area contributed by atoms with Gasteiger partial charge in [-0.1, -0.05) is 26.7 Å². The van der Waals surface area contributed by atoms with Crippen LogP contribution in [0.5, 0.6) is 0 Å². The number of hydrogen-bond acceptors (Lipinski definition) is 3. The van der Waals surface area contributed by atoms with E-state index in [0.29, 0.717) is 12.8 Å². The van der Waals surface area contributed by atoms with Crippen molar-refractivity contribution in [1.29, 1.82) is 0 Å². The number of thioether (sulfide) groups is 1. The standard InChI is InChI=1S/C10H18O4S/c1-3-5-7(9(11)12)15-8(6-4-2)10(13)14/h7-8H,3-6H2,1-2H3,(H,11,12)(H,13,14). The van der Waals surface area contributed by atoms with Crippen molar-refractivity contribution < 1.29 is 19.8 Å². The number of carbonyl (C=O) groups is 2. The Bertz CT molecular complexity index is 195. The van der Waals surface area contributed by atoms with Gasteiger partial charge in [-0.05, 0) is 12.8 Å². The molecule has 15 heavy (non-hydrogen) atoms. The second-order valence-corrected chi connectivity index (χ2v) is 4.78. The van der Waals surface area contributed by atoms with Crippen molar-refractivity contribution in [2.75, 3.05) is 0 Å². The van der Waals surface area contributed by atoms with E-state index in [1.54, 1.807) is 0 Å². The van der Waals surface area contributed by atoms with Gasteiger partial charge in [0.15, 0.2) is 0 Å². The van der Waals surface area contributed by atoms with E-state index < -0.39 is 22.4 Å². The molecular formula is C10H18O4S. The molecule has 2 unspecified atom stereocenters. The van der Waals surface area contributed by atoms with Gasteiger partial charge in [0.2, 0.25) is 0 Å². The fraction of sp³-hybridized carbons (Fsp3) is 0.800. The molecule has 0 saturated heterocycles. The minimum absolute atomic E-state index is 0.521. The van der Waals surface area contributed by atoms with Crippen LogP contribution in [0.2, 0.25) is 0 Å². The number of carboxylic acids is 2. The molecule has 0 radical (unpaired) electrons. The zero-order chi connectivity index (χ0) is 11.8. The Morgan fingerprint density at radius 1 is 1.00 bits per heavy atom. The first-order chi connectivity index (χ1) is 7.02. The normalized spacial score (nSPS) is 14.5. The van der Waals surface area contributed by atoms with Gasteiger partial charge in [0.1, 0.15) is 10.5 Å². The molecule has 0 bridgehead atoms. The van der Waals surface area contributed by atoms with Gasteiger partial charge < -0.3 is 10.2 Å². The average Bonchev–Trinajstić information content (AvgIpc) is 2.15. The van der Waals surface area contributed by atoms with E-state index in [4.69, 9.17) is 10.2 Å². The summed E-state index contributed by atoms with van der Waals surface area (Å²) in [5.41, 5.74) is 0. The first-order valence-electron chi connectivity index (χ1n) is 5.13. The fourth-order valence-corrected chi connectivity index (χ4v) is 2.60. The maximum Gasteiger partial charge on any atom is 0.316 e. The zero-order valence-corrected chi connectivity index (χ0v) is 9.92. The van der Waals surface area contributed by atoms with Gasteiger partial charge in [-0.25, -0.2) is 0 Å². The Balaban J connectivity index is 4.32. The van der Waals surface area contributed by atoms with Crippen LogP contribution in [0.3, 0.4) is 0 Å². The molecule has 0 aliphatic heterocycles. The number of hydrogen-bond donors (Lipinski definition) is 2. The van der Waals surface area contributed by atoms with Gasteiger partial charge in [-0.15, -0.1) is 11.8 Å². The van der Waals surface area contributed by atoms with Crippen molar-refractivity contribution in [2.45, 2.75) is 50.0 Å². The van der Waals surface area contributed by atoms with Crippen LogP contribution < -0.4 is 0 Å². The lowest BCUT2D eigenvalue weighted by Gasteiger charge is -2.16. The SMILES string of the molecule is CCCC(SC(CCC)C(=O)O)C(=O)O. The lowest BCUT2D eigenvalue weighted by Crippen LogP contribution is -2.25. The van der Waals surface area contributed by atoms with Crippen LogP contribution in [0.4, 0.5) is 0 Å². The predicted octanol–water partition coefficient (Wildman–Crippen LogP) is 2.23. The maximum atomic E-state index is 10.8. The molecule has 0 aliphatic carbocycles. The molecule has 2 atom stereocenters. The highest BCUT2D eigenvalue weighted by Crippen LogP contribution is 2.25. The average molecular weight is 234 g/mol. The molecule has 0 aromatic rings. The molecule has 0 aromatic heterocycles. The largest absolute Gasteiger partial charge is 0.480 e. The number of carboxylic acid groups (broad SMARTS) is 2. The molecule has 0 fully saturated rings. The number of aliphatic carboxylic acids is 2. The van der Waals surface area contributed by atoms with Crippen LogP contribution in [0.25, 0.3) is 0 Å². The molecule has 88 valence electrons. The molecule has 0 aromatic carbocycles. The van der Waals surface area contributed by atoms with Crippen molar-refractivity contribution in [2.24, 2.45) is 0 Å². The summed E-state index contributed by atoms with van der Waals surface area (Å²) in [7, 11) is 0. The summed E-state index contributed by atoms with van der Waals surface area (Å²) in [6, 6.07) is 0. The van der Waals surface area contributed by atoms with Crippen LogP contribution in [0.1, 0.15) is 39.5 Å². The van der Waals surface area contributed by atoms with E-state index in [0.717, 1.165) is 24.6 Å². The lowest BCUT2D eigenvalue weighted by atomic mass is 10.2. The Kier molecular flexibility index (Phi) is 7.21. The summed E-state index contributed by atoms with van der Waals surface area (Å²) in [6.45, 7) is 3.79. The zero-order valence-electron chi connectivity index (χ0n) is 9.10.